The second-order valence-electron chi connectivity index (χ2n) is 6.52. The van der Waals surface area contributed by atoms with Crippen LogP contribution in [0.25, 0.3) is 0 Å². The van der Waals surface area contributed by atoms with Crippen LogP contribution in [-0.2, 0) is 18.1 Å². The number of aliphatic imine (C=N–C) groups is 1. The highest BCUT2D eigenvalue weighted by Crippen LogP contribution is 2.34. The molecule has 0 aromatic carbocycles. The molecule has 148 valence electrons. The largest absolute Gasteiger partial charge is 0.417 e. The second-order valence-corrected chi connectivity index (χ2v) is 8.05. The number of alkyl halides is 3. The summed E-state index contributed by atoms with van der Waals surface area (Å²) in [5.41, 5.74) is 5.36. The van der Waals surface area contributed by atoms with Crippen molar-refractivity contribution in [2.75, 3.05) is 5.75 Å². The highest BCUT2D eigenvalue weighted by atomic mass is 35.5. The van der Waals surface area contributed by atoms with Crippen molar-refractivity contribution < 1.29 is 18.0 Å². The van der Waals surface area contributed by atoms with Crippen molar-refractivity contribution in [3.05, 3.63) is 58.1 Å². The molecule has 0 fully saturated rings. The van der Waals surface area contributed by atoms with Gasteiger partial charge in [0, 0.05) is 24.6 Å². The molecular formula is C18H16ClF3N4OS. The van der Waals surface area contributed by atoms with Crippen LogP contribution in [-0.4, -0.2) is 26.7 Å². The zero-order valence-corrected chi connectivity index (χ0v) is 16.3. The number of nitrogens with two attached hydrogens (primary N) is 1. The zero-order valence-electron chi connectivity index (χ0n) is 14.8. The Morgan fingerprint density at radius 2 is 2.11 bits per heavy atom. The topological polar surface area (TPSA) is 81.2 Å². The van der Waals surface area contributed by atoms with Gasteiger partial charge in [-0.1, -0.05) is 23.4 Å². The Balaban J connectivity index is 1.83. The van der Waals surface area contributed by atoms with Crippen molar-refractivity contribution in [3.8, 4) is 0 Å². The lowest BCUT2D eigenvalue weighted by atomic mass is 9.92. The minimum atomic E-state index is -4.58. The maximum Gasteiger partial charge on any atom is 0.417 e. The van der Waals surface area contributed by atoms with Gasteiger partial charge in [-0.05, 0) is 37.1 Å². The van der Waals surface area contributed by atoms with Gasteiger partial charge in [-0.3, -0.25) is 14.8 Å². The van der Waals surface area contributed by atoms with Crippen molar-refractivity contribution in [1.29, 1.82) is 0 Å². The predicted octanol–water partition coefficient (Wildman–Crippen LogP) is 4.24. The molecule has 3 heterocycles. The van der Waals surface area contributed by atoms with Crippen molar-refractivity contribution in [1.82, 2.24) is 9.97 Å². The van der Waals surface area contributed by atoms with E-state index in [0.29, 0.717) is 28.7 Å². The third-order valence-electron chi connectivity index (χ3n) is 4.37. The number of carbonyl (C=O) groups excluding carboxylic acids is 1. The molecular weight excluding hydrogens is 413 g/mol. The number of aromatic nitrogens is 2. The van der Waals surface area contributed by atoms with Crippen LogP contribution >= 0.6 is 23.4 Å². The maximum atomic E-state index is 12.7. The number of carbonyl (C=O) groups is 1. The summed E-state index contributed by atoms with van der Waals surface area (Å²) in [5, 5.41) is 0.153. The Bertz CT molecular complexity index is 951. The third kappa shape index (κ3) is 4.47. The van der Waals surface area contributed by atoms with E-state index >= 15 is 0 Å². The molecule has 2 aromatic heterocycles. The molecule has 2 N–H and O–H groups in total. The Labute approximate surface area is 168 Å². The van der Waals surface area contributed by atoms with E-state index in [9.17, 15) is 18.0 Å². The molecule has 0 unspecified atom stereocenters. The smallest absolute Gasteiger partial charge is 0.379 e. The van der Waals surface area contributed by atoms with Crippen molar-refractivity contribution in [2.45, 2.75) is 31.5 Å². The lowest BCUT2D eigenvalue weighted by Gasteiger charge is -2.28. The van der Waals surface area contributed by atoms with Crippen LogP contribution in [0.1, 0.15) is 40.7 Å². The fourth-order valence-electron chi connectivity index (χ4n) is 2.82. The van der Waals surface area contributed by atoms with Crippen LogP contribution in [0, 0.1) is 0 Å². The Kier molecular flexibility index (Phi) is 5.67. The van der Waals surface area contributed by atoms with E-state index in [1.165, 1.54) is 11.8 Å². The van der Waals surface area contributed by atoms with Gasteiger partial charge in [0.1, 0.15) is 11.2 Å². The van der Waals surface area contributed by atoms with Crippen LogP contribution in [0.2, 0.25) is 5.02 Å². The molecule has 0 spiro atoms. The minimum absolute atomic E-state index is 0.0718. The van der Waals surface area contributed by atoms with Gasteiger partial charge in [-0.25, -0.2) is 4.99 Å². The number of ketones is 1. The maximum absolute atomic E-state index is 12.7. The number of thioether (sulfide) groups is 1. The van der Waals surface area contributed by atoms with Crippen LogP contribution in [0.4, 0.5) is 13.2 Å². The third-order valence-corrected chi connectivity index (χ3v) is 5.45. The Morgan fingerprint density at radius 3 is 2.75 bits per heavy atom. The van der Waals surface area contributed by atoms with Crippen LogP contribution in [0.5, 0.6) is 0 Å². The molecule has 0 bridgehead atoms. The normalized spacial score (nSPS) is 20.0. The molecule has 1 aliphatic heterocycles. The van der Waals surface area contributed by atoms with E-state index in [-0.39, 0.29) is 17.1 Å². The van der Waals surface area contributed by atoms with E-state index in [4.69, 9.17) is 17.3 Å². The molecule has 0 saturated carbocycles. The summed E-state index contributed by atoms with van der Waals surface area (Å²) >= 11 is 7.33. The minimum Gasteiger partial charge on any atom is -0.379 e. The monoisotopic (exact) mass is 428 g/mol. The Hall–Kier alpha value is -2.13. The molecule has 0 radical (unpaired) electrons. The summed E-state index contributed by atoms with van der Waals surface area (Å²) in [4.78, 5) is 25.0. The summed E-state index contributed by atoms with van der Waals surface area (Å²) in [6.45, 7) is 1.92. The number of halogens is 4. The quantitative estimate of drug-likeness (QED) is 0.736. The number of pyridine rings is 2. The van der Waals surface area contributed by atoms with E-state index < -0.39 is 23.1 Å². The van der Waals surface area contributed by atoms with E-state index in [0.717, 1.165) is 12.2 Å². The standard InChI is InChI=1S/C18H16ClF3N4OS/c1-17(3-5-28-16(23)26-17)14-7-10(2-4-24-14)6-13(27)15-12(19)8-11(9-25-15)18(20,21)22/h2,4,7-9H,3,5-6H2,1H3,(H2,23,26)/t17-/m0/s1. The lowest BCUT2D eigenvalue weighted by Crippen LogP contribution is -2.29. The molecule has 3 rings (SSSR count). The van der Waals surface area contributed by atoms with Gasteiger partial charge in [0.2, 0.25) is 0 Å². The van der Waals surface area contributed by atoms with Crippen molar-refractivity contribution in [2.24, 2.45) is 10.7 Å². The van der Waals surface area contributed by atoms with Crippen molar-refractivity contribution >= 4 is 34.3 Å². The van der Waals surface area contributed by atoms with Gasteiger partial charge >= 0.3 is 6.18 Å². The van der Waals surface area contributed by atoms with Crippen molar-refractivity contribution in [3.63, 3.8) is 0 Å². The fourth-order valence-corrected chi connectivity index (χ4v) is 4.06. The molecule has 28 heavy (non-hydrogen) atoms. The number of Topliss-reactive ketones (excluding diaryl/α,β-unsaturated/α-hetero) is 1. The lowest BCUT2D eigenvalue weighted by molar-refractivity contribution is -0.137. The van der Waals surface area contributed by atoms with Crippen LogP contribution in [0.3, 0.4) is 0 Å². The number of hydrogen-bond acceptors (Lipinski definition) is 6. The van der Waals surface area contributed by atoms with Gasteiger partial charge in [0.05, 0.1) is 16.3 Å². The highest BCUT2D eigenvalue weighted by Gasteiger charge is 2.33. The first-order valence-electron chi connectivity index (χ1n) is 8.28. The van der Waals surface area contributed by atoms with Gasteiger partial charge < -0.3 is 5.73 Å². The summed E-state index contributed by atoms with van der Waals surface area (Å²) < 4.78 is 38.2. The molecule has 0 saturated heterocycles. The zero-order chi connectivity index (χ0) is 20.5. The SMILES string of the molecule is C[C@@]1(c2cc(CC(=O)c3ncc(C(F)(F)F)cc3Cl)ccn2)CCSC(N)=N1. The second kappa shape index (κ2) is 7.71. The average Bonchev–Trinajstić information content (AvgIpc) is 2.61. The molecule has 2 aromatic rings. The first-order valence-corrected chi connectivity index (χ1v) is 9.64. The van der Waals surface area contributed by atoms with Gasteiger partial charge in [0.15, 0.2) is 11.0 Å². The number of hydrogen-bond donors (Lipinski definition) is 1. The van der Waals surface area contributed by atoms with Gasteiger partial charge in [-0.2, -0.15) is 13.2 Å². The van der Waals surface area contributed by atoms with Crippen LogP contribution < -0.4 is 5.73 Å². The first kappa shape index (κ1) is 20.6. The molecule has 1 atom stereocenters. The highest BCUT2D eigenvalue weighted by molar-refractivity contribution is 8.13. The van der Waals surface area contributed by atoms with Gasteiger partial charge in [0.25, 0.3) is 0 Å². The predicted molar refractivity (Wildman–Crippen MR) is 103 cm³/mol. The molecule has 1 aliphatic rings. The summed E-state index contributed by atoms with van der Waals surface area (Å²) in [5.74, 6) is 0.324. The molecule has 10 heteroatoms. The van der Waals surface area contributed by atoms with E-state index in [1.54, 1.807) is 18.3 Å². The first-order chi connectivity index (χ1) is 13.1. The summed E-state index contributed by atoms with van der Waals surface area (Å²) in [6, 6.07) is 4.12. The molecule has 5 nitrogen and oxygen atoms in total. The number of amidine groups is 1. The molecule has 0 aliphatic carbocycles. The van der Waals surface area contributed by atoms with E-state index in [1.807, 2.05) is 6.92 Å². The molecule has 0 amide bonds. The van der Waals surface area contributed by atoms with Gasteiger partial charge in [-0.15, -0.1) is 0 Å². The average molecular weight is 429 g/mol. The summed E-state index contributed by atoms with van der Waals surface area (Å²) in [7, 11) is 0. The number of nitrogens with zero attached hydrogens (tertiary/aromatic N) is 3. The fraction of sp³-hybridized carbons (Fsp3) is 0.333. The number of rotatable bonds is 4. The summed E-state index contributed by atoms with van der Waals surface area (Å²) in [6.07, 6.45) is -1.73. The van der Waals surface area contributed by atoms with Crippen LogP contribution in [0.15, 0.2) is 35.6 Å². The Morgan fingerprint density at radius 1 is 1.36 bits per heavy atom. The van der Waals surface area contributed by atoms with E-state index in [2.05, 4.69) is 15.0 Å².